The molecule has 2 aromatic rings. The number of morpholine rings is 1. The molecule has 38 heavy (non-hydrogen) atoms. The van der Waals surface area contributed by atoms with Crippen LogP contribution >= 0.6 is 0 Å². The Hall–Kier alpha value is -3.56. The number of hydrogen-bond donors (Lipinski definition) is 1. The number of nitrogens with zero attached hydrogens (tertiary/aromatic N) is 2. The van der Waals surface area contributed by atoms with Gasteiger partial charge in [0, 0.05) is 50.1 Å². The maximum atomic E-state index is 12.9. The van der Waals surface area contributed by atoms with Crippen LogP contribution in [0.3, 0.4) is 0 Å². The molecular weight excluding hydrogens is 486 g/mol. The second kappa shape index (κ2) is 11.4. The van der Waals surface area contributed by atoms with Crippen molar-refractivity contribution in [3.8, 4) is 5.75 Å². The SMILES string of the molecule is Cc1cc(C(=O)CCc2ccc3c(c2)CN(C2CCC(=O)NC2=O)C3=O)ccc1OCCN1CCOCC1. The van der Waals surface area contributed by atoms with Gasteiger partial charge in [-0.3, -0.25) is 29.4 Å². The highest BCUT2D eigenvalue weighted by atomic mass is 16.5. The van der Waals surface area contributed by atoms with Crippen LogP contribution in [-0.2, 0) is 27.3 Å². The van der Waals surface area contributed by atoms with E-state index in [1.807, 2.05) is 37.3 Å². The molecular formula is C29H33N3O6. The van der Waals surface area contributed by atoms with Gasteiger partial charge in [0.2, 0.25) is 11.8 Å². The minimum atomic E-state index is -0.632. The first-order valence-electron chi connectivity index (χ1n) is 13.2. The van der Waals surface area contributed by atoms with Gasteiger partial charge < -0.3 is 14.4 Å². The predicted molar refractivity (Wildman–Crippen MR) is 139 cm³/mol. The summed E-state index contributed by atoms with van der Waals surface area (Å²) in [6, 6.07) is 10.5. The van der Waals surface area contributed by atoms with Crippen LogP contribution in [0.5, 0.6) is 5.75 Å². The average molecular weight is 520 g/mol. The molecule has 0 spiro atoms. The van der Waals surface area contributed by atoms with Crippen molar-refractivity contribution in [2.24, 2.45) is 0 Å². The lowest BCUT2D eigenvalue weighted by atomic mass is 9.99. The van der Waals surface area contributed by atoms with Gasteiger partial charge in [-0.25, -0.2) is 0 Å². The molecule has 3 amide bonds. The Morgan fingerprint density at radius 2 is 1.92 bits per heavy atom. The average Bonchev–Trinajstić information content (AvgIpc) is 3.24. The minimum absolute atomic E-state index is 0.0507. The summed E-state index contributed by atoms with van der Waals surface area (Å²) in [6.07, 6.45) is 1.46. The van der Waals surface area contributed by atoms with Gasteiger partial charge in [-0.1, -0.05) is 12.1 Å². The van der Waals surface area contributed by atoms with Gasteiger partial charge in [0.1, 0.15) is 18.4 Å². The van der Waals surface area contributed by atoms with E-state index in [-0.39, 0.29) is 24.0 Å². The third-order valence-electron chi connectivity index (χ3n) is 7.49. The number of fused-ring (bicyclic) bond motifs is 1. The Bertz CT molecular complexity index is 1250. The summed E-state index contributed by atoms with van der Waals surface area (Å²) in [5, 5.41) is 2.32. The van der Waals surface area contributed by atoms with Crippen LogP contribution in [0.15, 0.2) is 36.4 Å². The molecule has 2 aromatic carbocycles. The number of carbonyl (C=O) groups excluding carboxylic acids is 4. The van der Waals surface area contributed by atoms with E-state index in [0.717, 1.165) is 55.3 Å². The summed E-state index contributed by atoms with van der Waals surface area (Å²) in [5.74, 6) is -0.0752. The number of aryl methyl sites for hydroxylation is 2. The highest BCUT2D eigenvalue weighted by Crippen LogP contribution is 2.29. The second-order valence-corrected chi connectivity index (χ2v) is 10.1. The van der Waals surface area contributed by atoms with Crippen molar-refractivity contribution >= 4 is 23.5 Å². The number of amides is 3. The summed E-state index contributed by atoms with van der Waals surface area (Å²) in [6.45, 7) is 7.10. The lowest BCUT2D eigenvalue weighted by Gasteiger charge is -2.29. The molecule has 0 saturated carbocycles. The molecule has 200 valence electrons. The molecule has 3 aliphatic heterocycles. The van der Waals surface area contributed by atoms with Crippen molar-refractivity contribution in [3.63, 3.8) is 0 Å². The molecule has 1 N–H and O–H groups in total. The number of carbonyl (C=O) groups is 4. The Kier molecular flexibility index (Phi) is 7.85. The topological polar surface area (TPSA) is 105 Å². The zero-order chi connectivity index (χ0) is 26.6. The van der Waals surface area contributed by atoms with Crippen molar-refractivity contribution < 1.29 is 28.7 Å². The third kappa shape index (κ3) is 5.79. The fraction of sp³-hybridized carbons (Fsp3) is 0.448. The molecule has 9 nitrogen and oxygen atoms in total. The molecule has 3 aliphatic rings. The summed E-state index contributed by atoms with van der Waals surface area (Å²) < 4.78 is 11.3. The predicted octanol–water partition coefficient (Wildman–Crippen LogP) is 2.28. The Balaban J connectivity index is 1.14. The van der Waals surface area contributed by atoms with Crippen molar-refractivity contribution in [2.45, 2.75) is 45.2 Å². The summed E-state index contributed by atoms with van der Waals surface area (Å²) >= 11 is 0. The summed E-state index contributed by atoms with van der Waals surface area (Å²) in [7, 11) is 0. The first-order valence-corrected chi connectivity index (χ1v) is 13.2. The van der Waals surface area contributed by atoms with Gasteiger partial charge in [0.25, 0.3) is 5.91 Å². The Labute approximate surface area is 222 Å². The molecule has 0 radical (unpaired) electrons. The monoisotopic (exact) mass is 519 g/mol. The van der Waals surface area contributed by atoms with Crippen LogP contribution in [0.25, 0.3) is 0 Å². The summed E-state index contributed by atoms with van der Waals surface area (Å²) in [5.41, 5.74) is 3.98. The number of piperidine rings is 1. The smallest absolute Gasteiger partial charge is 0.255 e. The van der Waals surface area contributed by atoms with Crippen LogP contribution in [-0.4, -0.2) is 78.8 Å². The first-order chi connectivity index (χ1) is 18.4. The molecule has 2 saturated heterocycles. The standard InChI is InChI=1S/C29H33N3O6/c1-19-16-21(4-8-26(19)38-15-12-31-10-13-37-14-11-31)25(33)7-3-20-2-5-23-22(17-20)18-32(29(23)36)24-6-9-27(34)30-28(24)35/h2,4-5,8,16-17,24H,3,6-7,9-15,18H2,1H3,(H,30,34,35). The maximum absolute atomic E-state index is 12.9. The molecule has 0 aromatic heterocycles. The third-order valence-corrected chi connectivity index (χ3v) is 7.49. The van der Waals surface area contributed by atoms with Gasteiger partial charge in [0.05, 0.1) is 13.2 Å². The lowest BCUT2D eigenvalue weighted by molar-refractivity contribution is -0.136. The highest BCUT2D eigenvalue weighted by Gasteiger charge is 2.39. The fourth-order valence-electron chi connectivity index (χ4n) is 5.28. The Morgan fingerprint density at radius 3 is 2.68 bits per heavy atom. The molecule has 1 unspecified atom stereocenters. The van der Waals surface area contributed by atoms with Crippen LogP contribution in [0, 0.1) is 6.92 Å². The maximum Gasteiger partial charge on any atom is 0.255 e. The molecule has 2 fully saturated rings. The van der Waals surface area contributed by atoms with E-state index in [9.17, 15) is 19.2 Å². The number of benzene rings is 2. The van der Waals surface area contributed by atoms with Gasteiger partial charge in [-0.05, 0) is 60.7 Å². The molecule has 0 aliphatic carbocycles. The number of hydrogen-bond acceptors (Lipinski definition) is 7. The summed E-state index contributed by atoms with van der Waals surface area (Å²) in [4.78, 5) is 53.4. The van der Waals surface area contributed by atoms with E-state index < -0.39 is 11.9 Å². The number of nitrogens with one attached hydrogen (secondary N) is 1. The van der Waals surface area contributed by atoms with Crippen molar-refractivity contribution in [3.05, 3.63) is 64.2 Å². The van der Waals surface area contributed by atoms with Gasteiger partial charge in [0.15, 0.2) is 5.78 Å². The second-order valence-electron chi connectivity index (χ2n) is 10.1. The lowest BCUT2D eigenvalue weighted by Crippen LogP contribution is -2.52. The normalized spacial score (nSPS) is 19.9. The largest absolute Gasteiger partial charge is 0.492 e. The van der Waals surface area contributed by atoms with Gasteiger partial charge >= 0.3 is 0 Å². The van der Waals surface area contributed by atoms with E-state index >= 15 is 0 Å². The number of rotatable bonds is 9. The molecule has 5 rings (SSSR count). The zero-order valence-electron chi connectivity index (χ0n) is 21.7. The van der Waals surface area contributed by atoms with E-state index in [2.05, 4.69) is 10.2 Å². The highest BCUT2D eigenvalue weighted by molar-refractivity contribution is 6.05. The van der Waals surface area contributed by atoms with Gasteiger partial charge in [-0.2, -0.15) is 0 Å². The van der Waals surface area contributed by atoms with Gasteiger partial charge in [-0.15, -0.1) is 0 Å². The molecule has 9 heteroatoms. The quantitative estimate of drug-likeness (QED) is 0.400. The van der Waals surface area contributed by atoms with Crippen LogP contribution in [0.4, 0.5) is 0 Å². The van der Waals surface area contributed by atoms with Crippen LogP contribution in [0.1, 0.15) is 56.7 Å². The molecule has 0 bridgehead atoms. The van der Waals surface area contributed by atoms with Crippen molar-refractivity contribution in [1.29, 1.82) is 0 Å². The number of Topliss-reactive ketones (excluding diaryl/α,β-unsaturated/α-hetero) is 1. The van der Waals surface area contributed by atoms with Crippen molar-refractivity contribution in [2.75, 3.05) is 39.5 Å². The van der Waals surface area contributed by atoms with Crippen molar-refractivity contribution in [1.82, 2.24) is 15.1 Å². The minimum Gasteiger partial charge on any atom is -0.492 e. The van der Waals surface area contributed by atoms with E-state index in [1.54, 1.807) is 6.07 Å². The van der Waals surface area contributed by atoms with Crippen LogP contribution < -0.4 is 10.1 Å². The van der Waals surface area contributed by atoms with E-state index in [1.165, 1.54) is 4.90 Å². The zero-order valence-corrected chi connectivity index (χ0v) is 21.7. The van der Waals surface area contributed by atoms with E-state index in [4.69, 9.17) is 9.47 Å². The number of imide groups is 1. The Morgan fingerprint density at radius 1 is 1.11 bits per heavy atom. The van der Waals surface area contributed by atoms with E-state index in [0.29, 0.717) is 43.5 Å². The fourth-order valence-corrected chi connectivity index (χ4v) is 5.28. The molecule has 1 atom stereocenters. The molecule has 3 heterocycles. The number of ketones is 1. The van der Waals surface area contributed by atoms with Crippen LogP contribution in [0.2, 0.25) is 0 Å². The number of ether oxygens (including phenoxy) is 2. The first kappa shape index (κ1) is 26.1.